The molecule has 0 amide bonds. The van der Waals surface area contributed by atoms with Crippen molar-refractivity contribution in [1.82, 2.24) is 20.3 Å². The third-order valence-corrected chi connectivity index (χ3v) is 5.44. The van der Waals surface area contributed by atoms with E-state index in [0.717, 1.165) is 58.9 Å². The fourth-order valence-electron chi connectivity index (χ4n) is 3.98. The van der Waals surface area contributed by atoms with Gasteiger partial charge in [0.15, 0.2) is 0 Å². The summed E-state index contributed by atoms with van der Waals surface area (Å²) >= 11 is 0. The molecular formula is C23H29N5O2. The van der Waals surface area contributed by atoms with E-state index in [1.165, 1.54) is 0 Å². The molecule has 1 aromatic carbocycles. The summed E-state index contributed by atoms with van der Waals surface area (Å²) in [7, 11) is 0. The number of anilines is 1. The molecular weight excluding hydrogens is 378 g/mol. The van der Waals surface area contributed by atoms with Crippen molar-refractivity contribution < 1.29 is 9.90 Å². The third-order valence-electron chi connectivity index (χ3n) is 5.44. The molecule has 7 heteroatoms. The molecule has 0 saturated heterocycles. The first-order valence-corrected chi connectivity index (χ1v) is 10.4. The average molecular weight is 408 g/mol. The van der Waals surface area contributed by atoms with E-state index < -0.39 is 5.97 Å². The fraction of sp³-hybridized carbons (Fsp3) is 0.435. The van der Waals surface area contributed by atoms with Crippen molar-refractivity contribution >= 4 is 22.8 Å². The zero-order valence-electron chi connectivity index (χ0n) is 18.2. The molecule has 30 heavy (non-hydrogen) atoms. The monoisotopic (exact) mass is 407 g/mol. The number of H-pyrrole nitrogens is 1. The molecule has 0 bridgehead atoms. The van der Waals surface area contributed by atoms with Crippen molar-refractivity contribution in [2.45, 2.75) is 58.5 Å². The zero-order chi connectivity index (χ0) is 21.7. The first-order valence-electron chi connectivity index (χ1n) is 10.4. The number of carboxylic acids is 1. The summed E-state index contributed by atoms with van der Waals surface area (Å²) in [5.74, 6) is -0.187. The van der Waals surface area contributed by atoms with Crippen LogP contribution in [0.2, 0.25) is 0 Å². The number of aromatic carboxylic acids is 1. The fourth-order valence-corrected chi connectivity index (χ4v) is 3.98. The van der Waals surface area contributed by atoms with Crippen molar-refractivity contribution in [3.8, 4) is 11.3 Å². The maximum atomic E-state index is 12.0. The van der Waals surface area contributed by atoms with Gasteiger partial charge in [-0.1, -0.05) is 19.1 Å². The van der Waals surface area contributed by atoms with Crippen molar-refractivity contribution in [3.05, 3.63) is 41.2 Å². The Morgan fingerprint density at radius 2 is 2.00 bits per heavy atom. The standard InChI is InChI=1S/C23H29N5O2/c1-6-24-23(10-11-23)19-15(21(29)30)12-17(26-19)14-8-7-9-16-18(14)27-20(13(2)25-16)28-22(3,4)5/h7-9,12,24,26H,6,10-11H2,1-5H3,(H,27,28)(H,29,30). The van der Waals surface area contributed by atoms with Crippen LogP contribution in [-0.4, -0.2) is 38.1 Å². The van der Waals surface area contributed by atoms with Crippen LogP contribution in [0.15, 0.2) is 24.3 Å². The molecule has 1 saturated carbocycles. The van der Waals surface area contributed by atoms with Gasteiger partial charge in [0.2, 0.25) is 0 Å². The molecule has 2 heterocycles. The predicted octanol–water partition coefficient (Wildman–Crippen LogP) is 4.44. The summed E-state index contributed by atoms with van der Waals surface area (Å²) in [6.45, 7) is 11.0. The Kier molecular flexibility index (Phi) is 4.81. The molecule has 0 spiro atoms. The van der Waals surface area contributed by atoms with Crippen molar-refractivity contribution in [1.29, 1.82) is 0 Å². The normalized spacial score (nSPS) is 15.4. The number of para-hydroxylation sites is 1. The number of aryl methyl sites for hydroxylation is 1. The molecule has 158 valence electrons. The Bertz CT molecular complexity index is 1120. The van der Waals surface area contributed by atoms with Gasteiger partial charge in [-0.25, -0.2) is 14.8 Å². The first-order chi connectivity index (χ1) is 14.1. The van der Waals surface area contributed by atoms with Gasteiger partial charge in [-0.3, -0.25) is 0 Å². The highest BCUT2D eigenvalue weighted by atomic mass is 16.4. The van der Waals surface area contributed by atoms with E-state index in [-0.39, 0.29) is 11.1 Å². The number of carbonyl (C=O) groups is 1. The number of aromatic nitrogens is 3. The van der Waals surface area contributed by atoms with E-state index in [9.17, 15) is 9.90 Å². The van der Waals surface area contributed by atoms with Crippen LogP contribution < -0.4 is 10.6 Å². The van der Waals surface area contributed by atoms with Crippen molar-refractivity contribution in [2.75, 3.05) is 11.9 Å². The van der Waals surface area contributed by atoms with Crippen LogP contribution in [0.25, 0.3) is 22.3 Å². The Balaban J connectivity index is 1.87. The molecule has 4 N–H and O–H groups in total. The van der Waals surface area contributed by atoms with Gasteiger partial charge in [0.1, 0.15) is 11.3 Å². The molecule has 1 fully saturated rings. The van der Waals surface area contributed by atoms with Crippen molar-refractivity contribution in [2.24, 2.45) is 0 Å². The highest BCUT2D eigenvalue weighted by Gasteiger charge is 2.47. The molecule has 1 aliphatic carbocycles. The van der Waals surface area contributed by atoms with E-state index in [2.05, 4.69) is 36.4 Å². The number of nitrogens with one attached hydrogen (secondary N) is 3. The van der Waals surface area contributed by atoms with Crippen molar-refractivity contribution in [3.63, 3.8) is 0 Å². The van der Waals surface area contributed by atoms with Crippen LogP contribution in [0, 0.1) is 6.92 Å². The predicted molar refractivity (Wildman–Crippen MR) is 119 cm³/mol. The third kappa shape index (κ3) is 3.65. The molecule has 0 radical (unpaired) electrons. The maximum Gasteiger partial charge on any atom is 0.337 e. The summed E-state index contributed by atoms with van der Waals surface area (Å²) in [6, 6.07) is 7.55. The van der Waals surface area contributed by atoms with Gasteiger partial charge in [0.05, 0.1) is 28.0 Å². The molecule has 3 aromatic rings. The quantitative estimate of drug-likeness (QED) is 0.482. The molecule has 4 rings (SSSR count). The van der Waals surface area contributed by atoms with Gasteiger partial charge in [0.25, 0.3) is 0 Å². The van der Waals surface area contributed by atoms with Gasteiger partial charge in [0, 0.05) is 16.8 Å². The molecule has 1 aliphatic rings. The van der Waals surface area contributed by atoms with Gasteiger partial charge < -0.3 is 20.7 Å². The minimum atomic E-state index is -0.922. The summed E-state index contributed by atoms with van der Waals surface area (Å²) in [5.41, 5.74) is 4.59. The van der Waals surface area contributed by atoms with E-state index in [4.69, 9.17) is 9.97 Å². The highest BCUT2D eigenvalue weighted by Crippen LogP contribution is 2.47. The van der Waals surface area contributed by atoms with Crippen LogP contribution in [0.4, 0.5) is 5.82 Å². The second-order valence-electron chi connectivity index (χ2n) is 9.10. The average Bonchev–Trinajstić information content (AvgIpc) is 3.28. The van der Waals surface area contributed by atoms with E-state index in [1.54, 1.807) is 6.07 Å². The van der Waals surface area contributed by atoms with E-state index in [1.807, 2.05) is 32.0 Å². The van der Waals surface area contributed by atoms with Crippen LogP contribution in [0.1, 0.15) is 62.3 Å². The van der Waals surface area contributed by atoms with Crippen LogP contribution in [0.5, 0.6) is 0 Å². The smallest absolute Gasteiger partial charge is 0.337 e. The first kappa shape index (κ1) is 20.3. The SMILES string of the molecule is CCNC1(c2[nH]c(-c3cccc4nc(C)c(NC(C)(C)C)nc34)cc2C(=O)O)CC1. The summed E-state index contributed by atoms with van der Waals surface area (Å²) in [5, 5.41) is 16.7. The molecule has 0 aliphatic heterocycles. The zero-order valence-corrected chi connectivity index (χ0v) is 18.2. The molecule has 2 aromatic heterocycles. The Morgan fingerprint density at radius 1 is 1.27 bits per heavy atom. The number of rotatable bonds is 6. The number of carboxylic acid groups (broad SMARTS) is 1. The van der Waals surface area contributed by atoms with Gasteiger partial charge in [-0.15, -0.1) is 0 Å². The Hall–Kier alpha value is -2.93. The second-order valence-corrected chi connectivity index (χ2v) is 9.10. The minimum Gasteiger partial charge on any atom is -0.478 e. The number of hydrogen-bond acceptors (Lipinski definition) is 5. The number of aromatic amines is 1. The summed E-state index contributed by atoms with van der Waals surface area (Å²) in [6.07, 6.45) is 1.85. The summed E-state index contributed by atoms with van der Waals surface area (Å²) < 4.78 is 0. The van der Waals surface area contributed by atoms with Gasteiger partial charge >= 0.3 is 5.97 Å². The lowest BCUT2D eigenvalue weighted by Crippen LogP contribution is -2.30. The van der Waals surface area contributed by atoms with Crippen LogP contribution in [-0.2, 0) is 5.54 Å². The Morgan fingerprint density at radius 3 is 2.60 bits per heavy atom. The minimum absolute atomic E-state index is 0.150. The van der Waals surface area contributed by atoms with Gasteiger partial charge in [-0.2, -0.15) is 0 Å². The number of nitrogens with zero attached hydrogens (tertiary/aromatic N) is 2. The lowest BCUT2D eigenvalue weighted by atomic mass is 10.1. The largest absolute Gasteiger partial charge is 0.478 e. The lowest BCUT2D eigenvalue weighted by molar-refractivity contribution is 0.0694. The van der Waals surface area contributed by atoms with Crippen LogP contribution in [0.3, 0.4) is 0 Å². The Labute approximate surface area is 176 Å². The molecule has 0 atom stereocenters. The molecule has 7 nitrogen and oxygen atoms in total. The highest BCUT2D eigenvalue weighted by molar-refractivity contribution is 5.96. The second kappa shape index (κ2) is 7.09. The number of hydrogen-bond donors (Lipinski definition) is 4. The maximum absolute atomic E-state index is 12.0. The lowest BCUT2D eigenvalue weighted by Gasteiger charge is -2.22. The van der Waals surface area contributed by atoms with E-state index in [0.29, 0.717) is 5.56 Å². The van der Waals surface area contributed by atoms with E-state index >= 15 is 0 Å². The van der Waals surface area contributed by atoms with Gasteiger partial charge in [-0.05, 0) is 59.2 Å². The number of benzene rings is 1. The topological polar surface area (TPSA) is 103 Å². The van der Waals surface area contributed by atoms with Crippen LogP contribution >= 0.6 is 0 Å². The number of fused-ring (bicyclic) bond motifs is 1. The molecule has 0 unspecified atom stereocenters. The summed E-state index contributed by atoms with van der Waals surface area (Å²) in [4.78, 5) is 25.0.